The molecule has 9 heteroatoms. The molecular weight excluding hydrogens is 364 g/mol. The first-order valence-corrected chi connectivity index (χ1v) is 8.80. The van der Waals surface area contributed by atoms with Gasteiger partial charge in [-0.1, -0.05) is 42.5 Å². The number of benzene rings is 1. The van der Waals surface area contributed by atoms with Crippen molar-refractivity contribution in [3.05, 3.63) is 44.8 Å². The van der Waals surface area contributed by atoms with Gasteiger partial charge in [0.05, 0.1) is 9.83 Å². The third-order valence-electron chi connectivity index (χ3n) is 3.52. The topological polar surface area (TPSA) is 104 Å². The van der Waals surface area contributed by atoms with Gasteiger partial charge in [-0.25, -0.2) is 0 Å². The van der Waals surface area contributed by atoms with Crippen LogP contribution in [0.5, 0.6) is 0 Å². The average Bonchev–Trinajstić information content (AvgIpc) is 2.81. The molecule has 2 rings (SSSR count). The molecular formula is C16H15N2O5S2-. The van der Waals surface area contributed by atoms with Crippen LogP contribution in [-0.4, -0.2) is 32.6 Å². The molecule has 1 saturated heterocycles. The van der Waals surface area contributed by atoms with Crippen molar-refractivity contribution in [3.63, 3.8) is 0 Å². The van der Waals surface area contributed by atoms with E-state index in [1.807, 2.05) is 0 Å². The summed E-state index contributed by atoms with van der Waals surface area (Å²) in [5.74, 6) is -1.31. The van der Waals surface area contributed by atoms with Gasteiger partial charge in [0.1, 0.15) is 4.32 Å². The van der Waals surface area contributed by atoms with Gasteiger partial charge in [-0.15, -0.1) is 0 Å². The first kappa shape index (κ1) is 19.1. The lowest BCUT2D eigenvalue weighted by Crippen LogP contribution is -2.29. The van der Waals surface area contributed by atoms with E-state index < -0.39 is 10.9 Å². The van der Waals surface area contributed by atoms with E-state index in [-0.39, 0.29) is 18.0 Å². The number of unbranched alkanes of at least 4 members (excludes halogenated alkanes) is 2. The number of carboxylic acids is 1. The molecule has 0 bridgehead atoms. The lowest BCUT2D eigenvalue weighted by atomic mass is 10.1. The summed E-state index contributed by atoms with van der Waals surface area (Å²) in [7, 11) is 0. The fourth-order valence-electron chi connectivity index (χ4n) is 2.29. The van der Waals surface area contributed by atoms with Gasteiger partial charge in [0.15, 0.2) is 0 Å². The monoisotopic (exact) mass is 379 g/mol. The number of carboxylic acid groups (broad SMARTS) is 1. The van der Waals surface area contributed by atoms with Gasteiger partial charge in [-0.05, 0) is 30.9 Å². The van der Waals surface area contributed by atoms with Gasteiger partial charge in [-0.3, -0.25) is 19.8 Å². The highest BCUT2D eigenvalue weighted by Gasteiger charge is 2.31. The van der Waals surface area contributed by atoms with Gasteiger partial charge in [0.2, 0.25) is 0 Å². The highest BCUT2D eigenvalue weighted by atomic mass is 32.2. The predicted octanol–water partition coefficient (Wildman–Crippen LogP) is 2.11. The molecule has 1 heterocycles. The minimum absolute atomic E-state index is 0.00504. The van der Waals surface area contributed by atoms with E-state index in [0.717, 1.165) is 11.8 Å². The minimum atomic E-state index is -1.08. The van der Waals surface area contributed by atoms with Crippen molar-refractivity contribution in [1.29, 1.82) is 0 Å². The molecule has 1 amide bonds. The van der Waals surface area contributed by atoms with Crippen LogP contribution in [0.15, 0.2) is 29.2 Å². The first-order chi connectivity index (χ1) is 11.9. The second-order valence-electron chi connectivity index (χ2n) is 5.37. The molecule has 0 aliphatic carbocycles. The molecule has 132 valence electrons. The summed E-state index contributed by atoms with van der Waals surface area (Å²) in [5.41, 5.74) is 0.515. The largest absolute Gasteiger partial charge is 0.550 e. The molecule has 1 aliphatic rings. The number of nitrogens with zero attached hydrogens (tertiary/aromatic N) is 2. The molecule has 0 radical (unpaired) electrons. The number of hydrogen-bond donors (Lipinski definition) is 0. The van der Waals surface area contributed by atoms with Crippen LogP contribution in [0.4, 0.5) is 5.69 Å². The normalized spacial score (nSPS) is 15.8. The van der Waals surface area contributed by atoms with Crippen molar-refractivity contribution in [3.8, 4) is 0 Å². The molecule has 25 heavy (non-hydrogen) atoms. The molecule has 0 unspecified atom stereocenters. The van der Waals surface area contributed by atoms with Crippen molar-refractivity contribution in [2.75, 3.05) is 6.54 Å². The molecule has 0 spiro atoms. The summed E-state index contributed by atoms with van der Waals surface area (Å²) in [6, 6.07) is 6.02. The van der Waals surface area contributed by atoms with Crippen LogP contribution in [-0.2, 0) is 9.59 Å². The number of hydrogen-bond acceptors (Lipinski definition) is 7. The maximum absolute atomic E-state index is 12.4. The second kappa shape index (κ2) is 8.72. The predicted molar refractivity (Wildman–Crippen MR) is 96.5 cm³/mol. The summed E-state index contributed by atoms with van der Waals surface area (Å²) >= 11 is 6.37. The number of non-ortho nitro benzene ring substituents is 1. The number of nitro benzene ring substituents is 1. The standard InChI is InChI=1S/C16H16N2O5S2/c19-14(20)7-2-1-3-8-17-15(21)13(25-16(17)24)10-11-5-4-6-12(9-11)18(22)23/h4-6,9-10H,1-3,7-8H2,(H,19,20)/p-1/b13-10-. The summed E-state index contributed by atoms with van der Waals surface area (Å²) in [6.45, 7) is 0.421. The molecule has 0 aromatic heterocycles. The molecule has 0 atom stereocenters. The zero-order valence-corrected chi connectivity index (χ0v) is 14.8. The second-order valence-corrected chi connectivity index (χ2v) is 7.04. The molecule has 1 aliphatic heterocycles. The number of amides is 1. The van der Waals surface area contributed by atoms with Crippen molar-refractivity contribution in [2.24, 2.45) is 0 Å². The van der Waals surface area contributed by atoms with Gasteiger partial charge >= 0.3 is 0 Å². The highest BCUT2D eigenvalue weighted by Crippen LogP contribution is 2.33. The van der Waals surface area contributed by atoms with Crippen LogP contribution in [0.25, 0.3) is 6.08 Å². The lowest BCUT2D eigenvalue weighted by molar-refractivity contribution is -0.384. The van der Waals surface area contributed by atoms with E-state index in [1.165, 1.54) is 17.0 Å². The minimum Gasteiger partial charge on any atom is -0.550 e. The number of carbonyl (C=O) groups excluding carboxylic acids is 2. The number of rotatable bonds is 8. The lowest BCUT2D eigenvalue weighted by Gasteiger charge is -2.14. The molecule has 1 fully saturated rings. The number of carbonyl (C=O) groups is 2. The maximum Gasteiger partial charge on any atom is 0.270 e. The summed E-state index contributed by atoms with van der Waals surface area (Å²) < 4.78 is 0.432. The zero-order valence-electron chi connectivity index (χ0n) is 13.2. The Kier molecular flexibility index (Phi) is 6.65. The Morgan fingerprint density at radius 1 is 1.32 bits per heavy atom. The molecule has 1 aromatic carbocycles. The van der Waals surface area contributed by atoms with Crippen LogP contribution < -0.4 is 5.11 Å². The van der Waals surface area contributed by atoms with Crippen molar-refractivity contribution < 1.29 is 19.6 Å². The third kappa shape index (κ3) is 5.36. The number of thiocarbonyl (C=S) groups is 1. The summed E-state index contributed by atoms with van der Waals surface area (Å²) in [4.78, 5) is 35.0. The van der Waals surface area contributed by atoms with Gasteiger partial charge in [0, 0.05) is 24.6 Å². The molecule has 0 saturated carbocycles. The van der Waals surface area contributed by atoms with E-state index in [4.69, 9.17) is 12.2 Å². The van der Waals surface area contributed by atoms with Crippen LogP contribution in [0.1, 0.15) is 31.2 Å². The molecule has 1 aromatic rings. The number of thioether (sulfide) groups is 1. The average molecular weight is 379 g/mol. The van der Waals surface area contributed by atoms with Crippen LogP contribution >= 0.6 is 24.0 Å². The van der Waals surface area contributed by atoms with Crippen LogP contribution in [0, 0.1) is 10.1 Å². The van der Waals surface area contributed by atoms with E-state index in [2.05, 4.69) is 0 Å². The van der Waals surface area contributed by atoms with Gasteiger partial charge in [0.25, 0.3) is 11.6 Å². The number of aliphatic carboxylic acids is 1. The maximum atomic E-state index is 12.4. The Morgan fingerprint density at radius 2 is 2.08 bits per heavy atom. The van der Waals surface area contributed by atoms with Crippen LogP contribution in [0.2, 0.25) is 0 Å². The molecule has 7 nitrogen and oxygen atoms in total. The van der Waals surface area contributed by atoms with E-state index in [1.54, 1.807) is 18.2 Å². The van der Waals surface area contributed by atoms with Crippen LogP contribution in [0.3, 0.4) is 0 Å². The number of nitro groups is 1. The SMILES string of the molecule is O=C([O-])CCCCCN1C(=O)/C(=C/c2cccc([N+](=O)[O-])c2)SC1=S. The Bertz CT molecular complexity index is 748. The van der Waals surface area contributed by atoms with Gasteiger partial charge in [-0.2, -0.15) is 0 Å². The van der Waals surface area contributed by atoms with Crippen molar-refractivity contribution >= 4 is 51.9 Å². The van der Waals surface area contributed by atoms with Gasteiger partial charge < -0.3 is 9.90 Å². The molecule has 0 N–H and O–H groups in total. The Labute approximate surface area is 153 Å². The first-order valence-electron chi connectivity index (χ1n) is 7.58. The smallest absolute Gasteiger partial charge is 0.270 e. The zero-order chi connectivity index (χ0) is 18.4. The fourth-order valence-corrected chi connectivity index (χ4v) is 3.60. The van der Waals surface area contributed by atoms with E-state index >= 15 is 0 Å². The highest BCUT2D eigenvalue weighted by molar-refractivity contribution is 8.26. The Hall–Kier alpha value is -2.26. The van der Waals surface area contributed by atoms with Crippen molar-refractivity contribution in [1.82, 2.24) is 4.90 Å². The Balaban J connectivity index is 1.99. The fraction of sp³-hybridized carbons (Fsp3) is 0.312. The summed E-state index contributed by atoms with van der Waals surface area (Å²) in [5, 5.41) is 21.2. The quantitative estimate of drug-likeness (QED) is 0.224. The third-order valence-corrected chi connectivity index (χ3v) is 4.89. The Morgan fingerprint density at radius 3 is 2.76 bits per heavy atom. The van der Waals surface area contributed by atoms with E-state index in [9.17, 15) is 24.8 Å². The van der Waals surface area contributed by atoms with Crippen molar-refractivity contribution in [2.45, 2.75) is 25.7 Å². The summed E-state index contributed by atoms with van der Waals surface area (Å²) in [6.07, 6.45) is 3.40. The van der Waals surface area contributed by atoms with E-state index in [0.29, 0.717) is 40.6 Å².